The van der Waals surface area contributed by atoms with Crippen LogP contribution in [0.4, 0.5) is 5.69 Å². The molecule has 3 aromatic carbocycles. The molecule has 5 nitrogen and oxygen atoms in total. The van der Waals surface area contributed by atoms with Crippen LogP contribution >= 0.6 is 11.6 Å². The first-order chi connectivity index (χ1) is 15.0. The minimum absolute atomic E-state index is 0.0558. The van der Waals surface area contributed by atoms with Crippen molar-refractivity contribution in [2.45, 2.75) is 13.0 Å². The van der Waals surface area contributed by atoms with Crippen molar-refractivity contribution in [3.63, 3.8) is 0 Å². The third-order valence-electron chi connectivity index (χ3n) is 5.72. The average Bonchev–Trinajstić information content (AvgIpc) is 3.23. The molecule has 2 N–H and O–H groups in total. The van der Waals surface area contributed by atoms with Crippen LogP contribution in [0.25, 0.3) is 10.9 Å². The number of hydrogen-bond acceptors (Lipinski definition) is 2. The molecule has 1 unspecified atom stereocenters. The van der Waals surface area contributed by atoms with Gasteiger partial charge in [0, 0.05) is 38.4 Å². The summed E-state index contributed by atoms with van der Waals surface area (Å²) in [6.45, 7) is 1.95. The molecular weight excluding hydrogens is 410 g/mol. The lowest BCUT2D eigenvalue weighted by molar-refractivity contribution is -0.117. The molecule has 31 heavy (non-hydrogen) atoms. The predicted molar refractivity (Wildman–Crippen MR) is 122 cm³/mol. The van der Waals surface area contributed by atoms with E-state index in [-0.39, 0.29) is 24.4 Å². The Morgan fingerprint density at radius 3 is 2.55 bits per heavy atom. The molecule has 6 heteroatoms. The summed E-state index contributed by atoms with van der Waals surface area (Å²) in [6.07, 6.45) is 0. The molecule has 154 valence electrons. The fraction of sp³-hybridized carbons (Fsp3) is 0.120. The monoisotopic (exact) mass is 429 g/mol. The number of H-pyrrole nitrogens is 1. The summed E-state index contributed by atoms with van der Waals surface area (Å²) in [5, 5.41) is 4.51. The van der Waals surface area contributed by atoms with E-state index in [0.29, 0.717) is 16.3 Å². The van der Waals surface area contributed by atoms with Crippen molar-refractivity contribution >= 4 is 40.0 Å². The average molecular weight is 430 g/mol. The minimum Gasteiger partial charge on any atom is -0.358 e. The van der Waals surface area contributed by atoms with Crippen molar-refractivity contribution in [2.24, 2.45) is 0 Å². The van der Waals surface area contributed by atoms with Crippen LogP contribution in [0.1, 0.15) is 33.2 Å². The molecule has 1 aliphatic rings. The van der Waals surface area contributed by atoms with Crippen molar-refractivity contribution in [2.75, 3.05) is 11.9 Å². The van der Waals surface area contributed by atoms with E-state index in [9.17, 15) is 9.59 Å². The number of halogens is 1. The van der Waals surface area contributed by atoms with E-state index in [1.807, 2.05) is 55.5 Å². The maximum absolute atomic E-state index is 13.3. The van der Waals surface area contributed by atoms with Gasteiger partial charge in [-0.2, -0.15) is 0 Å². The summed E-state index contributed by atoms with van der Waals surface area (Å²) in [6, 6.07) is 22.2. The van der Waals surface area contributed by atoms with E-state index in [1.54, 1.807) is 29.2 Å². The van der Waals surface area contributed by atoms with Crippen LogP contribution in [0.15, 0.2) is 72.8 Å². The third kappa shape index (κ3) is 3.37. The SMILES string of the molecule is Cc1[nH]c2ccccc2c1C1c2ccccc2C(=O)N1CC(=O)Nc1ccc(Cl)cc1. The summed E-state index contributed by atoms with van der Waals surface area (Å²) in [5.74, 6) is -0.400. The van der Waals surface area contributed by atoms with Gasteiger partial charge in [0.1, 0.15) is 6.54 Å². The molecule has 5 rings (SSSR count). The quantitative estimate of drug-likeness (QED) is 0.461. The molecule has 2 heterocycles. The van der Waals surface area contributed by atoms with Crippen LogP contribution in [-0.4, -0.2) is 28.2 Å². The Labute approximate surface area is 184 Å². The standard InChI is InChI=1S/C25H20ClN3O2/c1-15-23(20-8-4-5-9-21(20)27-15)24-18-6-2-3-7-19(18)25(31)29(24)14-22(30)28-17-12-10-16(26)11-13-17/h2-13,24,27H,14H2,1H3,(H,28,30). The van der Waals surface area contributed by atoms with Crippen LogP contribution in [-0.2, 0) is 4.79 Å². The first-order valence-corrected chi connectivity index (χ1v) is 10.4. The number of para-hydroxylation sites is 1. The lowest BCUT2D eigenvalue weighted by Crippen LogP contribution is -2.36. The van der Waals surface area contributed by atoms with Crippen LogP contribution in [0.2, 0.25) is 5.02 Å². The van der Waals surface area contributed by atoms with Gasteiger partial charge in [0.15, 0.2) is 0 Å². The van der Waals surface area contributed by atoms with Gasteiger partial charge in [-0.3, -0.25) is 9.59 Å². The van der Waals surface area contributed by atoms with Crippen molar-refractivity contribution in [3.8, 4) is 0 Å². The highest BCUT2D eigenvalue weighted by Gasteiger charge is 2.40. The second-order valence-corrected chi connectivity index (χ2v) is 8.12. The van der Waals surface area contributed by atoms with Gasteiger partial charge in [0.05, 0.1) is 6.04 Å². The zero-order chi connectivity index (χ0) is 21.5. The highest BCUT2D eigenvalue weighted by molar-refractivity contribution is 6.30. The molecule has 0 spiro atoms. The zero-order valence-electron chi connectivity index (χ0n) is 16.9. The molecule has 1 aromatic heterocycles. The molecule has 1 atom stereocenters. The molecule has 1 aliphatic heterocycles. The number of hydrogen-bond donors (Lipinski definition) is 2. The van der Waals surface area contributed by atoms with Crippen molar-refractivity contribution in [1.29, 1.82) is 0 Å². The number of benzene rings is 3. The number of aryl methyl sites for hydroxylation is 1. The highest BCUT2D eigenvalue weighted by atomic mass is 35.5. The van der Waals surface area contributed by atoms with E-state index in [1.165, 1.54) is 0 Å². The van der Waals surface area contributed by atoms with Crippen molar-refractivity contribution in [3.05, 3.63) is 100 Å². The number of aromatic amines is 1. The number of anilines is 1. The summed E-state index contributed by atoms with van der Waals surface area (Å²) >= 11 is 5.93. The number of nitrogens with zero attached hydrogens (tertiary/aromatic N) is 1. The molecular formula is C25H20ClN3O2. The summed E-state index contributed by atoms with van der Waals surface area (Å²) in [7, 11) is 0. The minimum atomic E-state index is -0.337. The number of amides is 2. The van der Waals surface area contributed by atoms with Crippen LogP contribution in [0.3, 0.4) is 0 Å². The Morgan fingerprint density at radius 1 is 1.03 bits per heavy atom. The lowest BCUT2D eigenvalue weighted by Gasteiger charge is -2.25. The fourth-order valence-corrected chi connectivity index (χ4v) is 4.51. The Balaban J connectivity index is 1.54. The molecule has 0 saturated carbocycles. The van der Waals surface area contributed by atoms with Gasteiger partial charge in [-0.25, -0.2) is 0 Å². The van der Waals surface area contributed by atoms with E-state index in [4.69, 9.17) is 11.6 Å². The van der Waals surface area contributed by atoms with E-state index >= 15 is 0 Å². The Hall–Kier alpha value is -3.57. The van der Waals surface area contributed by atoms with E-state index in [2.05, 4.69) is 10.3 Å². The van der Waals surface area contributed by atoms with Gasteiger partial charge in [-0.05, 0) is 48.9 Å². The van der Waals surface area contributed by atoms with Gasteiger partial charge in [-0.1, -0.05) is 48.0 Å². The summed E-state index contributed by atoms with van der Waals surface area (Å²) < 4.78 is 0. The van der Waals surface area contributed by atoms with E-state index in [0.717, 1.165) is 27.7 Å². The number of nitrogens with one attached hydrogen (secondary N) is 2. The maximum Gasteiger partial charge on any atom is 0.255 e. The summed E-state index contributed by atoms with van der Waals surface area (Å²) in [5.41, 5.74) is 5.21. The first-order valence-electron chi connectivity index (χ1n) is 10.1. The largest absolute Gasteiger partial charge is 0.358 e. The lowest BCUT2D eigenvalue weighted by atomic mass is 9.95. The smallest absolute Gasteiger partial charge is 0.255 e. The number of fused-ring (bicyclic) bond motifs is 2. The number of carbonyl (C=O) groups excluding carboxylic acids is 2. The molecule has 0 fully saturated rings. The van der Waals surface area contributed by atoms with E-state index < -0.39 is 0 Å². The van der Waals surface area contributed by atoms with Crippen molar-refractivity contribution < 1.29 is 9.59 Å². The fourth-order valence-electron chi connectivity index (χ4n) is 4.38. The maximum atomic E-state index is 13.3. The van der Waals surface area contributed by atoms with Crippen LogP contribution < -0.4 is 5.32 Å². The number of aromatic nitrogens is 1. The number of rotatable bonds is 4. The zero-order valence-corrected chi connectivity index (χ0v) is 17.6. The second kappa shape index (κ2) is 7.60. The molecule has 0 saturated heterocycles. The summed E-state index contributed by atoms with van der Waals surface area (Å²) in [4.78, 5) is 31.2. The molecule has 0 radical (unpaired) electrons. The normalized spacial score (nSPS) is 15.4. The highest BCUT2D eigenvalue weighted by Crippen LogP contribution is 2.42. The molecule has 0 aliphatic carbocycles. The van der Waals surface area contributed by atoms with Crippen molar-refractivity contribution in [1.82, 2.24) is 9.88 Å². The second-order valence-electron chi connectivity index (χ2n) is 7.69. The predicted octanol–water partition coefficient (Wildman–Crippen LogP) is 5.31. The molecule has 4 aromatic rings. The Bertz CT molecular complexity index is 1310. The van der Waals surface area contributed by atoms with Crippen LogP contribution in [0.5, 0.6) is 0 Å². The van der Waals surface area contributed by atoms with Crippen LogP contribution in [0, 0.1) is 6.92 Å². The van der Waals surface area contributed by atoms with Gasteiger partial charge in [0.2, 0.25) is 5.91 Å². The number of carbonyl (C=O) groups is 2. The Morgan fingerprint density at radius 2 is 1.74 bits per heavy atom. The molecule has 0 bridgehead atoms. The molecule has 2 amide bonds. The first kappa shape index (κ1) is 19.4. The topological polar surface area (TPSA) is 65.2 Å². The van der Waals surface area contributed by atoms with Gasteiger partial charge in [-0.15, -0.1) is 0 Å². The Kier molecular flexibility index (Phi) is 4.75. The third-order valence-corrected chi connectivity index (χ3v) is 5.97. The van der Waals surface area contributed by atoms with Gasteiger partial charge >= 0.3 is 0 Å². The van der Waals surface area contributed by atoms with Gasteiger partial charge < -0.3 is 15.2 Å². The van der Waals surface area contributed by atoms with Gasteiger partial charge in [0.25, 0.3) is 5.91 Å².